The predicted molar refractivity (Wildman–Crippen MR) is 68.6 cm³/mol. The fourth-order valence-corrected chi connectivity index (χ4v) is 2.34. The van der Waals surface area contributed by atoms with Crippen molar-refractivity contribution in [2.45, 2.75) is 19.4 Å². The van der Waals surface area contributed by atoms with Crippen LogP contribution in [0.15, 0.2) is 22.6 Å². The first-order valence-electron chi connectivity index (χ1n) is 5.11. The number of nitrogens with one attached hydrogen (secondary N) is 2. The average Bonchev–Trinajstić information content (AvgIpc) is 2.85. The molecule has 2 N–H and O–H groups in total. The topological polar surface area (TPSA) is 70.7 Å². The second-order valence-electron chi connectivity index (χ2n) is 3.40. The Balaban J connectivity index is 2.25. The first-order valence-corrected chi connectivity index (χ1v) is 6.37. The average molecular weight is 271 g/mol. The van der Waals surface area contributed by atoms with Crippen LogP contribution in [0.25, 0.3) is 0 Å². The van der Waals surface area contributed by atoms with Crippen LogP contribution >= 0.6 is 22.9 Å². The highest BCUT2D eigenvalue weighted by Gasteiger charge is 2.14. The largest absolute Gasteiger partial charge is 0.373 e. The Morgan fingerprint density at radius 2 is 2.47 bits per heavy atom. The molecule has 0 aliphatic carbocycles. The van der Waals surface area contributed by atoms with Crippen LogP contribution in [-0.2, 0) is 0 Å². The summed E-state index contributed by atoms with van der Waals surface area (Å²) in [5.41, 5.74) is 0.128. The molecule has 0 saturated carbocycles. The third-order valence-electron chi connectivity index (χ3n) is 2.28. The van der Waals surface area contributed by atoms with Crippen LogP contribution in [0, 0.1) is 0 Å². The standard InChI is InChI=1S/C10H11ClN4OS/c1-2-6(10-12-3-4-17-10)14-7-5-13-15-9(16)8(7)11/h3-6H,2H2,1H3,(H2,14,15,16). The Hall–Kier alpha value is -1.40. The molecular weight excluding hydrogens is 260 g/mol. The number of anilines is 1. The molecule has 0 radical (unpaired) electrons. The zero-order chi connectivity index (χ0) is 12.3. The van der Waals surface area contributed by atoms with Crippen molar-refractivity contribution >= 4 is 28.6 Å². The number of hydrogen-bond acceptors (Lipinski definition) is 5. The molecule has 0 bridgehead atoms. The number of halogens is 1. The van der Waals surface area contributed by atoms with Crippen molar-refractivity contribution < 1.29 is 0 Å². The Morgan fingerprint density at radius 3 is 3.12 bits per heavy atom. The molecule has 0 fully saturated rings. The van der Waals surface area contributed by atoms with Gasteiger partial charge in [-0.25, -0.2) is 10.1 Å². The second kappa shape index (κ2) is 5.29. The van der Waals surface area contributed by atoms with E-state index in [-0.39, 0.29) is 11.1 Å². The minimum atomic E-state index is -0.398. The van der Waals surface area contributed by atoms with Crippen LogP contribution in [0.3, 0.4) is 0 Å². The van der Waals surface area contributed by atoms with E-state index in [1.54, 1.807) is 17.5 Å². The SMILES string of the molecule is CCC(Nc1cn[nH]c(=O)c1Cl)c1nccs1. The quantitative estimate of drug-likeness (QED) is 0.895. The molecule has 90 valence electrons. The highest BCUT2D eigenvalue weighted by molar-refractivity contribution is 7.09. The van der Waals surface area contributed by atoms with Crippen molar-refractivity contribution in [3.63, 3.8) is 0 Å². The summed E-state index contributed by atoms with van der Waals surface area (Å²) in [5, 5.41) is 12.2. The van der Waals surface area contributed by atoms with Crippen molar-refractivity contribution in [2.75, 3.05) is 5.32 Å². The molecule has 2 aromatic heterocycles. The van der Waals surface area contributed by atoms with Gasteiger partial charge in [0.2, 0.25) is 0 Å². The van der Waals surface area contributed by atoms with Crippen molar-refractivity contribution in [1.29, 1.82) is 0 Å². The molecule has 2 rings (SSSR count). The van der Waals surface area contributed by atoms with Crippen LogP contribution in [-0.4, -0.2) is 15.2 Å². The normalized spacial score (nSPS) is 12.4. The van der Waals surface area contributed by atoms with Gasteiger partial charge < -0.3 is 5.32 Å². The van der Waals surface area contributed by atoms with Crippen molar-refractivity contribution in [1.82, 2.24) is 15.2 Å². The van der Waals surface area contributed by atoms with Crippen molar-refractivity contribution in [3.05, 3.63) is 38.2 Å². The Bertz CT molecular complexity index is 539. The third kappa shape index (κ3) is 2.65. The molecule has 0 aliphatic heterocycles. The molecule has 1 unspecified atom stereocenters. The summed E-state index contributed by atoms with van der Waals surface area (Å²) in [6, 6.07) is 0.0381. The van der Waals surface area contributed by atoms with Gasteiger partial charge >= 0.3 is 0 Å². The van der Waals surface area contributed by atoms with E-state index in [2.05, 4.69) is 20.5 Å². The van der Waals surface area contributed by atoms with Gasteiger partial charge in [0.1, 0.15) is 10.0 Å². The molecule has 5 nitrogen and oxygen atoms in total. The summed E-state index contributed by atoms with van der Waals surface area (Å²) in [5.74, 6) is 0. The molecule has 2 heterocycles. The summed E-state index contributed by atoms with van der Waals surface area (Å²) in [4.78, 5) is 15.5. The molecule has 7 heteroatoms. The van der Waals surface area contributed by atoms with E-state index < -0.39 is 5.56 Å². The maximum atomic E-state index is 11.3. The number of aromatic nitrogens is 3. The van der Waals surface area contributed by atoms with Gasteiger partial charge in [0.25, 0.3) is 5.56 Å². The van der Waals surface area contributed by atoms with E-state index in [0.717, 1.165) is 11.4 Å². The second-order valence-corrected chi connectivity index (χ2v) is 4.71. The summed E-state index contributed by atoms with van der Waals surface area (Å²) in [7, 11) is 0. The molecule has 0 amide bonds. The Kier molecular flexibility index (Phi) is 3.75. The zero-order valence-electron chi connectivity index (χ0n) is 9.11. The lowest BCUT2D eigenvalue weighted by molar-refractivity contribution is 0.740. The lowest BCUT2D eigenvalue weighted by atomic mass is 10.2. The minimum absolute atomic E-state index is 0.0381. The van der Waals surface area contributed by atoms with Gasteiger partial charge in [-0.3, -0.25) is 4.79 Å². The number of nitrogens with zero attached hydrogens (tertiary/aromatic N) is 2. The van der Waals surface area contributed by atoms with E-state index in [4.69, 9.17) is 11.6 Å². The van der Waals surface area contributed by atoms with Crippen LogP contribution in [0.5, 0.6) is 0 Å². The summed E-state index contributed by atoms with van der Waals surface area (Å²) in [6.07, 6.45) is 4.10. The van der Waals surface area contributed by atoms with E-state index in [0.29, 0.717) is 5.69 Å². The van der Waals surface area contributed by atoms with Gasteiger partial charge in [-0.2, -0.15) is 5.10 Å². The van der Waals surface area contributed by atoms with Crippen molar-refractivity contribution in [2.24, 2.45) is 0 Å². The summed E-state index contributed by atoms with van der Waals surface area (Å²) in [6.45, 7) is 2.04. The van der Waals surface area contributed by atoms with Crippen LogP contribution < -0.4 is 10.9 Å². The fraction of sp³-hybridized carbons (Fsp3) is 0.300. The fourth-order valence-electron chi connectivity index (χ4n) is 1.42. The number of H-pyrrole nitrogens is 1. The van der Waals surface area contributed by atoms with Gasteiger partial charge in [-0.15, -0.1) is 11.3 Å². The number of thiazole rings is 1. The van der Waals surface area contributed by atoms with E-state index in [9.17, 15) is 4.79 Å². The lowest BCUT2D eigenvalue weighted by Gasteiger charge is -2.15. The van der Waals surface area contributed by atoms with E-state index in [1.165, 1.54) is 6.20 Å². The highest BCUT2D eigenvalue weighted by Crippen LogP contribution is 2.26. The van der Waals surface area contributed by atoms with Gasteiger partial charge in [-0.1, -0.05) is 18.5 Å². The lowest BCUT2D eigenvalue weighted by Crippen LogP contribution is -2.15. The molecule has 0 aromatic carbocycles. The van der Waals surface area contributed by atoms with Gasteiger partial charge in [0.05, 0.1) is 17.9 Å². The minimum Gasteiger partial charge on any atom is -0.373 e. The van der Waals surface area contributed by atoms with E-state index in [1.807, 2.05) is 12.3 Å². The molecule has 0 aliphatic rings. The molecular formula is C10H11ClN4OS. The molecule has 0 spiro atoms. The Labute approximate surface area is 107 Å². The highest BCUT2D eigenvalue weighted by atomic mass is 35.5. The van der Waals surface area contributed by atoms with Crippen LogP contribution in [0.4, 0.5) is 5.69 Å². The predicted octanol–water partition coefficient (Wildman–Crippen LogP) is 2.44. The van der Waals surface area contributed by atoms with Crippen LogP contribution in [0.1, 0.15) is 24.4 Å². The first-order chi connectivity index (χ1) is 8.22. The number of hydrogen-bond donors (Lipinski definition) is 2. The maximum Gasteiger partial charge on any atom is 0.285 e. The smallest absolute Gasteiger partial charge is 0.285 e. The number of rotatable bonds is 4. The third-order valence-corrected chi connectivity index (χ3v) is 3.55. The maximum absolute atomic E-state index is 11.3. The number of aromatic amines is 1. The van der Waals surface area contributed by atoms with Gasteiger partial charge in [0, 0.05) is 11.6 Å². The van der Waals surface area contributed by atoms with Crippen LogP contribution in [0.2, 0.25) is 5.02 Å². The van der Waals surface area contributed by atoms with Gasteiger partial charge in [0.15, 0.2) is 0 Å². The molecule has 17 heavy (non-hydrogen) atoms. The monoisotopic (exact) mass is 270 g/mol. The van der Waals surface area contributed by atoms with E-state index >= 15 is 0 Å². The molecule has 1 atom stereocenters. The first kappa shape index (κ1) is 12.1. The zero-order valence-corrected chi connectivity index (χ0v) is 10.7. The molecule has 0 saturated heterocycles. The van der Waals surface area contributed by atoms with Gasteiger partial charge in [-0.05, 0) is 6.42 Å². The molecule has 2 aromatic rings. The Morgan fingerprint density at radius 1 is 1.65 bits per heavy atom. The van der Waals surface area contributed by atoms with Crippen molar-refractivity contribution in [3.8, 4) is 0 Å². The summed E-state index contributed by atoms with van der Waals surface area (Å²) < 4.78 is 0. The summed E-state index contributed by atoms with van der Waals surface area (Å²) >= 11 is 7.45.